The zero-order valence-electron chi connectivity index (χ0n) is 20.0. The van der Waals surface area contributed by atoms with Gasteiger partial charge in [-0.2, -0.15) is 0 Å². The molecule has 0 bridgehead atoms. The fourth-order valence-electron chi connectivity index (χ4n) is 2.93. The first kappa shape index (κ1) is 27.8. The van der Waals surface area contributed by atoms with Crippen LogP contribution >= 0.6 is 0 Å². The summed E-state index contributed by atoms with van der Waals surface area (Å²) in [6.45, 7) is 0. The molecule has 1 N–H and O–H groups in total. The largest absolute Gasteiger partial charge is 0.496 e. The Balaban J connectivity index is 2.36. The van der Waals surface area contributed by atoms with E-state index in [-0.39, 0.29) is 34.1 Å². The fraction of sp³-hybridized carbons (Fsp3) is 0.273. The van der Waals surface area contributed by atoms with Gasteiger partial charge in [-0.1, -0.05) is 0 Å². The van der Waals surface area contributed by atoms with Crippen molar-refractivity contribution >= 4 is 32.2 Å². The average molecular weight is 530 g/mol. The summed E-state index contributed by atoms with van der Waals surface area (Å²) in [6, 6.07) is 6.10. The first-order valence-corrected chi connectivity index (χ1v) is 12.9. The molecule has 192 valence electrons. The van der Waals surface area contributed by atoms with Gasteiger partial charge in [-0.05, 0) is 12.2 Å². The minimum atomic E-state index is -4.44. The van der Waals surface area contributed by atoms with Gasteiger partial charge in [-0.15, -0.1) is 4.13 Å². The normalized spacial score (nSPS) is 12.1. The molecule has 0 spiro atoms. The van der Waals surface area contributed by atoms with Crippen molar-refractivity contribution in [2.24, 2.45) is 0 Å². The molecule has 0 fully saturated rings. The lowest BCUT2D eigenvalue weighted by Gasteiger charge is -2.13. The van der Waals surface area contributed by atoms with E-state index in [0.29, 0.717) is 22.3 Å². The molecule has 0 amide bonds. The molecule has 0 saturated heterocycles. The van der Waals surface area contributed by atoms with Gasteiger partial charge in [0, 0.05) is 35.1 Å². The van der Waals surface area contributed by atoms with E-state index in [0.717, 1.165) is 12.2 Å². The molecule has 0 unspecified atom stereocenters. The fourth-order valence-corrected chi connectivity index (χ4v) is 5.30. The van der Waals surface area contributed by atoms with Crippen LogP contribution in [0.25, 0.3) is 12.2 Å². The van der Waals surface area contributed by atoms with E-state index in [2.05, 4.69) is 0 Å². The Bertz CT molecular complexity index is 1160. The van der Waals surface area contributed by atoms with Gasteiger partial charge >= 0.3 is 0 Å². The first-order chi connectivity index (χ1) is 16.5. The van der Waals surface area contributed by atoms with Crippen LogP contribution in [0.1, 0.15) is 11.1 Å². The average Bonchev–Trinajstić information content (AvgIpc) is 2.84. The van der Waals surface area contributed by atoms with Crippen molar-refractivity contribution in [2.45, 2.75) is 0 Å². The second-order valence-corrected chi connectivity index (χ2v) is 10.1. The maximum Gasteiger partial charge on any atom is 0.246 e. The lowest BCUT2D eigenvalue weighted by molar-refractivity contribution is 0.374. The van der Waals surface area contributed by atoms with Crippen LogP contribution in [0.2, 0.25) is 0 Å². The highest BCUT2D eigenvalue weighted by molar-refractivity contribution is 8.07. The van der Waals surface area contributed by atoms with Crippen LogP contribution in [0.3, 0.4) is 0 Å². The minimum absolute atomic E-state index is 0.258. The van der Waals surface area contributed by atoms with Crippen molar-refractivity contribution in [1.82, 2.24) is 4.13 Å². The Morgan fingerprint density at radius 2 is 0.829 bits per heavy atom. The molecule has 11 nitrogen and oxygen atoms in total. The highest BCUT2D eigenvalue weighted by Crippen LogP contribution is 2.36. The summed E-state index contributed by atoms with van der Waals surface area (Å²) in [7, 11) is -0.448. The summed E-state index contributed by atoms with van der Waals surface area (Å²) in [5.74, 6) is 1.88. The number of nitrogens with one attached hydrogen (secondary N) is 1. The summed E-state index contributed by atoms with van der Waals surface area (Å²) in [5, 5.41) is 1.36. The number of methoxy groups -OCH3 is 6. The molecule has 35 heavy (non-hydrogen) atoms. The zero-order valence-corrected chi connectivity index (χ0v) is 21.7. The molecule has 0 heterocycles. The molecular weight excluding hydrogens is 502 g/mol. The van der Waals surface area contributed by atoms with Gasteiger partial charge in [0.1, 0.15) is 34.5 Å². The van der Waals surface area contributed by atoms with Gasteiger partial charge in [-0.25, -0.2) is 16.8 Å². The molecule has 0 aliphatic carbocycles. The molecule has 0 aliphatic heterocycles. The maximum absolute atomic E-state index is 12.5. The Hall–Kier alpha value is -3.42. The van der Waals surface area contributed by atoms with E-state index in [1.165, 1.54) is 66.9 Å². The van der Waals surface area contributed by atoms with Gasteiger partial charge in [0.05, 0.1) is 53.8 Å². The summed E-state index contributed by atoms with van der Waals surface area (Å²) in [4.78, 5) is 0. The highest BCUT2D eigenvalue weighted by atomic mass is 32.3. The summed E-state index contributed by atoms with van der Waals surface area (Å²) < 4.78 is 82.9. The first-order valence-electron chi connectivity index (χ1n) is 9.77. The van der Waals surface area contributed by atoms with Crippen LogP contribution in [0.4, 0.5) is 0 Å². The second kappa shape index (κ2) is 11.8. The lowest BCUT2D eigenvalue weighted by atomic mass is 10.1. The predicted molar refractivity (Wildman–Crippen MR) is 131 cm³/mol. The molecule has 0 radical (unpaired) electrons. The number of ether oxygens (including phenoxy) is 6. The third kappa shape index (κ3) is 7.28. The molecule has 0 saturated carbocycles. The monoisotopic (exact) mass is 529 g/mol. The quantitative estimate of drug-likeness (QED) is 0.437. The van der Waals surface area contributed by atoms with Gasteiger partial charge in [-0.3, -0.25) is 0 Å². The standard InChI is InChI=1S/C22H27NO10S2/c1-28-15-11-19(30-3)17(20(12-15)31-4)7-9-34(24,25)23-35(26,27)10-8-18-21(32-5)13-16(29-2)14-22(18)33-6/h7-14,23H,1-6H3. The summed E-state index contributed by atoms with van der Waals surface area (Å²) in [5.41, 5.74) is 0.531. The van der Waals surface area contributed by atoms with Crippen molar-refractivity contribution in [3.05, 3.63) is 46.2 Å². The maximum atomic E-state index is 12.5. The van der Waals surface area contributed by atoms with Crippen molar-refractivity contribution < 1.29 is 45.3 Å². The number of hydrogen-bond acceptors (Lipinski definition) is 10. The Morgan fingerprint density at radius 3 is 1.06 bits per heavy atom. The summed E-state index contributed by atoms with van der Waals surface area (Å²) in [6.07, 6.45) is 2.29. The van der Waals surface area contributed by atoms with Crippen LogP contribution in [0.5, 0.6) is 34.5 Å². The molecule has 0 atom stereocenters. The number of rotatable bonds is 12. The van der Waals surface area contributed by atoms with E-state index in [1.54, 1.807) is 4.13 Å². The Labute approximate surface area is 205 Å². The van der Waals surface area contributed by atoms with E-state index in [9.17, 15) is 16.8 Å². The molecule has 2 aromatic carbocycles. The molecule has 2 aromatic rings. The van der Waals surface area contributed by atoms with Crippen molar-refractivity contribution in [2.75, 3.05) is 42.7 Å². The van der Waals surface area contributed by atoms with Gasteiger partial charge in [0.15, 0.2) is 0 Å². The number of sulfonamides is 2. The van der Waals surface area contributed by atoms with Crippen molar-refractivity contribution in [3.63, 3.8) is 0 Å². The van der Waals surface area contributed by atoms with Crippen LogP contribution in [-0.4, -0.2) is 59.5 Å². The smallest absolute Gasteiger partial charge is 0.246 e. The lowest BCUT2D eigenvalue weighted by Crippen LogP contribution is -2.27. The zero-order chi connectivity index (χ0) is 26.2. The Kier molecular flexibility index (Phi) is 9.40. The molecule has 0 aromatic heterocycles. The van der Waals surface area contributed by atoms with E-state index in [4.69, 9.17) is 28.4 Å². The number of hydrogen-bond donors (Lipinski definition) is 1. The van der Waals surface area contributed by atoms with Crippen LogP contribution in [-0.2, 0) is 20.0 Å². The predicted octanol–water partition coefficient (Wildman–Crippen LogP) is 2.63. The van der Waals surface area contributed by atoms with Crippen molar-refractivity contribution in [1.29, 1.82) is 0 Å². The van der Waals surface area contributed by atoms with Crippen LogP contribution < -0.4 is 32.5 Å². The van der Waals surface area contributed by atoms with Gasteiger partial charge in [0.2, 0.25) is 20.0 Å². The second-order valence-electron chi connectivity index (χ2n) is 6.67. The number of benzene rings is 2. The molecular formula is C22H27NO10S2. The molecule has 0 aliphatic rings. The SMILES string of the molecule is COc1cc(OC)c(C=CS(=O)(=O)NS(=O)(=O)C=Cc2c(OC)cc(OC)cc2OC)c(OC)c1. The van der Waals surface area contributed by atoms with E-state index >= 15 is 0 Å². The van der Waals surface area contributed by atoms with Crippen LogP contribution in [0, 0.1) is 0 Å². The highest BCUT2D eigenvalue weighted by Gasteiger charge is 2.19. The molecule has 2 rings (SSSR count). The van der Waals surface area contributed by atoms with Crippen molar-refractivity contribution in [3.8, 4) is 34.5 Å². The van der Waals surface area contributed by atoms with Gasteiger partial charge in [0.25, 0.3) is 0 Å². The topological polar surface area (TPSA) is 136 Å². The minimum Gasteiger partial charge on any atom is -0.496 e. The van der Waals surface area contributed by atoms with E-state index in [1.807, 2.05) is 0 Å². The third-order valence-corrected chi connectivity index (χ3v) is 7.41. The van der Waals surface area contributed by atoms with Gasteiger partial charge < -0.3 is 28.4 Å². The third-order valence-electron chi connectivity index (χ3n) is 4.57. The Morgan fingerprint density at radius 1 is 0.543 bits per heavy atom. The summed E-state index contributed by atoms with van der Waals surface area (Å²) >= 11 is 0. The van der Waals surface area contributed by atoms with E-state index < -0.39 is 20.0 Å². The van der Waals surface area contributed by atoms with Crippen LogP contribution in [0.15, 0.2) is 35.1 Å². The molecule has 13 heteroatoms.